The Labute approximate surface area is 116 Å². The van der Waals surface area contributed by atoms with E-state index in [1.54, 1.807) is 12.1 Å². The van der Waals surface area contributed by atoms with Crippen LogP contribution in [-0.2, 0) is 4.79 Å². The van der Waals surface area contributed by atoms with Crippen molar-refractivity contribution in [3.8, 4) is 5.75 Å². The van der Waals surface area contributed by atoms with E-state index in [2.05, 4.69) is 10.6 Å². The molecule has 2 amide bonds. The van der Waals surface area contributed by atoms with Crippen LogP contribution in [0.1, 0.15) is 15.9 Å². The van der Waals surface area contributed by atoms with Crippen LogP contribution in [0.15, 0.2) is 42.5 Å². The Morgan fingerprint density at radius 1 is 1.20 bits per heavy atom. The third-order valence-corrected chi connectivity index (χ3v) is 2.77. The Bertz CT molecular complexity index is 653. The van der Waals surface area contributed by atoms with Gasteiger partial charge in [0.05, 0.1) is 11.3 Å². The van der Waals surface area contributed by atoms with Crippen LogP contribution in [0, 0.1) is 6.92 Å². The van der Waals surface area contributed by atoms with Gasteiger partial charge in [-0.3, -0.25) is 9.59 Å². The van der Waals surface area contributed by atoms with Gasteiger partial charge in [-0.15, -0.1) is 0 Å². The van der Waals surface area contributed by atoms with Gasteiger partial charge >= 0.3 is 0 Å². The Hall–Kier alpha value is -2.82. The quantitative estimate of drug-likeness (QED) is 0.590. The van der Waals surface area contributed by atoms with Crippen molar-refractivity contribution in [3.05, 3.63) is 53.6 Å². The number of phenols is 1. The second kappa shape index (κ2) is 5.88. The van der Waals surface area contributed by atoms with Crippen molar-refractivity contribution in [2.75, 3.05) is 10.6 Å². The van der Waals surface area contributed by atoms with Gasteiger partial charge in [0.1, 0.15) is 0 Å². The standard InChI is InChI=1S/C15H14N2O3/c1-10-4-2-5-11(8-10)17-15(20)12-6-3-7-13(14(12)19)16-9-18/h2-9,19H,1H3,(H,16,18)(H,17,20). The second-order valence-corrected chi connectivity index (χ2v) is 4.29. The number of nitrogens with one attached hydrogen (secondary N) is 2. The molecule has 102 valence electrons. The normalized spacial score (nSPS) is 9.85. The van der Waals surface area contributed by atoms with Crippen LogP contribution in [0.5, 0.6) is 5.75 Å². The zero-order valence-corrected chi connectivity index (χ0v) is 10.9. The van der Waals surface area contributed by atoms with Crippen molar-refractivity contribution in [2.24, 2.45) is 0 Å². The molecule has 0 bridgehead atoms. The predicted molar refractivity (Wildman–Crippen MR) is 76.9 cm³/mol. The highest BCUT2D eigenvalue weighted by Gasteiger charge is 2.14. The van der Waals surface area contributed by atoms with E-state index in [0.717, 1.165) is 5.56 Å². The summed E-state index contributed by atoms with van der Waals surface area (Å²) in [7, 11) is 0. The molecule has 0 aliphatic rings. The Kier molecular flexibility index (Phi) is 4.00. The number of hydrogen-bond donors (Lipinski definition) is 3. The number of rotatable bonds is 4. The molecule has 0 unspecified atom stereocenters. The minimum absolute atomic E-state index is 0.0957. The number of amides is 2. The third kappa shape index (κ3) is 2.95. The first-order valence-electron chi connectivity index (χ1n) is 6.02. The van der Waals surface area contributed by atoms with Gasteiger partial charge in [-0.1, -0.05) is 18.2 Å². The number of para-hydroxylation sites is 1. The van der Waals surface area contributed by atoms with Crippen LogP contribution < -0.4 is 10.6 Å². The van der Waals surface area contributed by atoms with Crippen molar-refractivity contribution < 1.29 is 14.7 Å². The first kappa shape index (κ1) is 13.6. The lowest BCUT2D eigenvalue weighted by Crippen LogP contribution is -2.12. The summed E-state index contributed by atoms with van der Waals surface area (Å²) in [5.41, 5.74) is 1.95. The summed E-state index contributed by atoms with van der Waals surface area (Å²) < 4.78 is 0. The van der Waals surface area contributed by atoms with Crippen LogP contribution in [0.4, 0.5) is 11.4 Å². The van der Waals surface area contributed by atoms with Crippen LogP contribution in [0.2, 0.25) is 0 Å². The number of anilines is 2. The Morgan fingerprint density at radius 2 is 1.95 bits per heavy atom. The van der Waals surface area contributed by atoms with E-state index in [4.69, 9.17) is 0 Å². The summed E-state index contributed by atoms with van der Waals surface area (Å²) in [6, 6.07) is 11.9. The van der Waals surface area contributed by atoms with Crippen LogP contribution in [-0.4, -0.2) is 17.4 Å². The molecule has 2 rings (SSSR count). The molecule has 0 aliphatic heterocycles. The summed E-state index contributed by atoms with van der Waals surface area (Å²) in [6.07, 6.45) is 0.442. The number of carbonyl (C=O) groups excluding carboxylic acids is 2. The fourth-order valence-electron chi connectivity index (χ4n) is 1.83. The van der Waals surface area contributed by atoms with Crippen molar-refractivity contribution in [2.45, 2.75) is 6.92 Å². The molecular formula is C15H14N2O3. The molecule has 0 spiro atoms. The summed E-state index contributed by atoms with van der Waals surface area (Å²) in [4.78, 5) is 22.5. The van der Waals surface area contributed by atoms with Crippen LogP contribution >= 0.6 is 0 Å². The van der Waals surface area contributed by atoms with Crippen LogP contribution in [0.25, 0.3) is 0 Å². The van der Waals surface area contributed by atoms with E-state index < -0.39 is 5.91 Å². The predicted octanol–water partition coefficient (Wildman–Crippen LogP) is 2.52. The first-order valence-corrected chi connectivity index (χ1v) is 6.02. The number of phenolic OH excluding ortho intramolecular Hbond substituents is 1. The fourth-order valence-corrected chi connectivity index (χ4v) is 1.83. The van der Waals surface area contributed by atoms with E-state index in [0.29, 0.717) is 12.1 Å². The molecule has 20 heavy (non-hydrogen) atoms. The SMILES string of the molecule is Cc1cccc(NC(=O)c2cccc(NC=O)c2O)c1. The molecule has 0 fully saturated rings. The molecule has 2 aromatic carbocycles. The van der Waals surface area contributed by atoms with Gasteiger partial charge in [0.15, 0.2) is 5.75 Å². The monoisotopic (exact) mass is 270 g/mol. The molecule has 0 saturated heterocycles. The van der Waals surface area contributed by atoms with Gasteiger partial charge in [0, 0.05) is 5.69 Å². The van der Waals surface area contributed by atoms with Gasteiger partial charge < -0.3 is 15.7 Å². The highest BCUT2D eigenvalue weighted by Crippen LogP contribution is 2.27. The molecule has 5 heteroatoms. The van der Waals surface area contributed by atoms with Gasteiger partial charge in [-0.25, -0.2) is 0 Å². The maximum absolute atomic E-state index is 12.1. The lowest BCUT2D eigenvalue weighted by molar-refractivity contribution is -0.105. The van der Waals surface area contributed by atoms with Crippen molar-refractivity contribution in [1.82, 2.24) is 0 Å². The number of hydrogen-bond acceptors (Lipinski definition) is 3. The zero-order valence-electron chi connectivity index (χ0n) is 10.9. The molecule has 0 atom stereocenters. The molecule has 0 aromatic heterocycles. The number of aromatic hydroxyl groups is 1. The van der Waals surface area contributed by atoms with Gasteiger partial charge in [-0.05, 0) is 36.8 Å². The molecule has 3 N–H and O–H groups in total. The van der Waals surface area contributed by atoms with E-state index in [1.165, 1.54) is 12.1 Å². The van der Waals surface area contributed by atoms with E-state index in [1.807, 2.05) is 25.1 Å². The summed E-state index contributed by atoms with van der Waals surface area (Å²) in [5, 5.41) is 15.0. The highest BCUT2D eigenvalue weighted by atomic mass is 16.3. The average Bonchev–Trinajstić information content (AvgIpc) is 2.41. The molecule has 2 aromatic rings. The molecule has 0 aliphatic carbocycles. The van der Waals surface area contributed by atoms with E-state index in [-0.39, 0.29) is 17.0 Å². The molecule has 0 heterocycles. The largest absolute Gasteiger partial charge is 0.505 e. The van der Waals surface area contributed by atoms with Crippen molar-refractivity contribution >= 4 is 23.7 Å². The summed E-state index contributed by atoms with van der Waals surface area (Å²) >= 11 is 0. The second-order valence-electron chi connectivity index (χ2n) is 4.29. The molecular weight excluding hydrogens is 256 g/mol. The lowest BCUT2D eigenvalue weighted by Gasteiger charge is -2.10. The first-order chi connectivity index (χ1) is 9.61. The lowest BCUT2D eigenvalue weighted by atomic mass is 10.1. The average molecular weight is 270 g/mol. The topological polar surface area (TPSA) is 78.4 Å². The number of benzene rings is 2. The maximum atomic E-state index is 12.1. The Morgan fingerprint density at radius 3 is 2.65 bits per heavy atom. The molecule has 0 radical (unpaired) electrons. The minimum Gasteiger partial charge on any atom is -0.505 e. The van der Waals surface area contributed by atoms with E-state index in [9.17, 15) is 14.7 Å². The molecule has 5 nitrogen and oxygen atoms in total. The smallest absolute Gasteiger partial charge is 0.259 e. The highest BCUT2D eigenvalue weighted by molar-refractivity contribution is 6.07. The molecule has 0 saturated carbocycles. The fraction of sp³-hybridized carbons (Fsp3) is 0.0667. The van der Waals surface area contributed by atoms with Crippen molar-refractivity contribution in [3.63, 3.8) is 0 Å². The zero-order chi connectivity index (χ0) is 14.5. The van der Waals surface area contributed by atoms with Gasteiger partial charge in [-0.2, -0.15) is 0 Å². The summed E-state index contributed by atoms with van der Waals surface area (Å²) in [6.45, 7) is 1.92. The van der Waals surface area contributed by atoms with Crippen molar-refractivity contribution in [1.29, 1.82) is 0 Å². The minimum atomic E-state index is -0.442. The van der Waals surface area contributed by atoms with E-state index >= 15 is 0 Å². The van der Waals surface area contributed by atoms with Gasteiger partial charge in [0.25, 0.3) is 5.91 Å². The third-order valence-electron chi connectivity index (χ3n) is 2.77. The number of carbonyl (C=O) groups is 2. The maximum Gasteiger partial charge on any atom is 0.259 e. The van der Waals surface area contributed by atoms with Crippen LogP contribution in [0.3, 0.4) is 0 Å². The summed E-state index contributed by atoms with van der Waals surface area (Å²) in [5.74, 6) is -0.701. The van der Waals surface area contributed by atoms with Gasteiger partial charge in [0.2, 0.25) is 6.41 Å². The number of aryl methyl sites for hydroxylation is 1. The Balaban J connectivity index is 2.25.